The number of aromatic nitrogens is 2. The number of imidazole rings is 1. The summed E-state index contributed by atoms with van der Waals surface area (Å²) in [7, 11) is 0. The van der Waals surface area contributed by atoms with Crippen molar-refractivity contribution >= 4 is 67.3 Å². The first-order chi connectivity index (χ1) is 17.8. The molecule has 1 aliphatic carbocycles. The highest BCUT2D eigenvalue weighted by Crippen LogP contribution is 2.36. The molecule has 1 saturated heterocycles. The van der Waals surface area contributed by atoms with Gasteiger partial charge >= 0.3 is 0 Å². The van der Waals surface area contributed by atoms with Crippen LogP contribution in [0.4, 0.5) is 0 Å². The number of benzene rings is 2. The van der Waals surface area contributed by atoms with Crippen molar-refractivity contribution < 1.29 is 14.3 Å². The topological polar surface area (TPSA) is 91.4 Å². The number of nitrogens with zero attached hydrogens (tertiary/aromatic N) is 2. The molecule has 0 saturated carbocycles. The van der Waals surface area contributed by atoms with E-state index in [2.05, 4.69) is 26.2 Å². The molecule has 5 rings (SSSR count). The first-order valence-electron chi connectivity index (χ1n) is 12.0. The third kappa shape index (κ3) is 5.51. The number of carbonyl (C=O) groups excluding carboxylic acids is 1. The Bertz CT molecular complexity index is 1430. The number of piperidine rings is 1. The smallest absolute Gasteiger partial charge is 0.250 e. The van der Waals surface area contributed by atoms with Crippen molar-refractivity contribution in [1.29, 1.82) is 0 Å². The lowest BCUT2D eigenvalue weighted by Gasteiger charge is -2.27. The zero-order valence-corrected chi connectivity index (χ0v) is 23.3. The van der Waals surface area contributed by atoms with Gasteiger partial charge in [-0.25, -0.2) is 4.98 Å². The van der Waals surface area contributed by atoms with E-state index in [0.717, 1.165) is 47.0 Å². The van der Waals surface area contributed by atoms with Gasteiger partial charge in [0.15, 0.2) is 0 Å². The van der Waals surface area contributed by atoms with E-state index in [1.165, 1.54) is 0 Å². The predicted molar refractivity (Wildman–Crippen MR) is 153 cm³/mol. The minimum Gasteiger partial charge on any atom is -0.489 e. The van der Waals surface area contributed by atoms with E-state index in [4.69, 9.17) is 39.0 Å². The van der Waals surface area contributed by atoms with E-state index < -0.39 is 18.1 Å². The van der Waals surface area contributed by atoms with Gasteiger partial charge in [0, 0.05) is 15.7 Å². The first-order valence-corrected chi connectivity index (χ1v) is 13.6. The molecule has 10 heteroatoms. The molecule has 192 valence electrons. The SMILES string of the molecule is C[C@@H](OC1C=C(n2cnc3ccc(Br)cc32)C=C(C(N)=O)C1=S)c1cccc(OC2CCNCC2)c1Cl. The summed E-state index contributed by atoms with van der Waals surface area (Å²) in [6, 6.07) is 11.5. The molecular weight excluding hydrogens is 576 g/mol. The maximum absolute atomic E-state index is 12.3. The Morgan fingerprint density at radius 1 is 1.30 bits per heavy atom. The van der Waals surface area contributed by atoms with Crippen LogP contribution in [0.5, 0.6) is 5.75 Å². The van der Waals surface area contributed by atoms with Crippen LogP contribution >= 0.6 is 39.7 Å². The molecule has 0 spiro atoms. The van der Waals surface area contributed by atoms with Gasteiger partial charge in [0.25, 0.3) is 0 Å². The van der Waals surface area contributed by atoms with E-state index in [-0.39, 0.29) is 11.7 Å². The van der Waals surface area contributed by atoms with Crippen LogP contribution in [-0.4, -0.2) is 45.6 Å². The van der Waals surface area contributed by atoms with Crippen LogP contribution in [0.25, 0.3) is 16.7 Å². The van der Waals surface area contributed by atoms with Crippen molar-refractivity contribution in [2.45, 2.75) is 38.1 Å². The standard InChI is InChI=1S/C27H26BrClN4O3S/c1-15(19-3-2-4-23(25(19)29)36-18-7-9-31-10-8-18)35-24-13-17(12-20(26(24)37)27(30)34)33-14-32-21-6-5-16(28)11-22(21)33/h2-6,11-15,18,24,31H,7-10H2,1H3,(H2,30,34)/t15-,24?/m1/s1. The number of thiocarbonyl (C=S) groups is 1. The largest absolute Gasteiger partial charge is 0.489 e. The van der Waals surface area contributed by atoms with Gasteiger partial charge in [0.2, 0.25) is 5.91 Å². The van der Waals surface area contributed by atoms with E-state index in [9.17, 15) is 4.79 Å². The Hall–Kier alpha value is -2.56. The Morgan fingerprint density at radius 3 is 2.84 bits per heavy atom. The summed E-state index contributed by atoms with van der Waals surface area (Å²) in [5, 5.41) is 3.85. The lowest BCUT2D eigenvalue weighted by molar-refractivity contribution is -0.114. The Morgan fingerprint density at radius 2 is 2.08 bits per heavy atom. The van der Waals surface area contributed by atoms with Crippen LogP contribution in [0.2, 0.25) is 5.02 Å². The number of rotatable bonds is 7. The van der Waals surface area contributed by atoms with E-state index in [1.54, 1.807) is 12.4 Å². The molecule has 3 N–H and O–H groups in total. The minimum atomic E-state index is -0.679. The zero-order chi connectivity index (χ0) is 26.1. The van der Waals surface area contributed by atoms with Crippen molar-refractivity contribution in [3.8, 4) is 5.75 Å². The van der Waals surface area contributed by atoms with Crippen molar-refractivity contribution in [3.63, 3.8) is 0 Å². The van der Waals surface area contributed by atoms with Crippen LogP contribution < -0.4 is 15.8 Å². The fourth-order valence-electron chi connectivity index (χ4n) is 4.60. The van der Waals surface area contributed by atoms with Crippen LogP contribution in [0.15, 0.2) is 64.9 Å². The lowest BCUT2D eigenvalue weighted by Crippen LogP contribution is -2.34. The Kier molecular flexibility index (Phi) is 7.78. The monoisotopic (exact) mass is 600 g/mol. The predicted octanol–water partition coefficient (Wildman–Crippen LogP) is 5.37. The third-order valence-corrected chi connectivity index (χ3v) is 7.90. The normalized spacial score (nSPS) is 19.4. The van der Waals surface area contributed by atoms with E-state index in [1.807, 2.05) is 54.0 Å². The number of amides is 1. The van der Waals surface area contributed by atoms with Crippen molar-refractivity contribution in [2.24, 2.45) is 5.73 Å². The summed E-state index contributed by atoms with van der Waals surface area (Å²) in [6.07, 6.45) is 6.11. The number of carbonyl (C=O) groups is 1. The summed E-state index contributed by atoms with van der Waals surface area (Å²) in [5.41, 5.74) is 9.07. The van der Waals surface area contributed by atoms with E-state index in [0.29, 0.717) is 21.3 Å². The van der Waals surface area contributed by atoms with Crippen molar-refractivity contribution in [2.75, 3.05) is 13.1 Å². The number of halogens is 2. The van der Waals surface area contributed by atoms with Gasteiger partial charge in [-0.3, -0.25) is 9.36 Å². The molecule has 2 aromatic carbocycles. The van der Waals surface area contributed by atoms with Crippen LogP contribution in [0, 0.1) is 0 Å². The van der Waals surface area contributed by atoms with Gasteiger partial charge in [-0.1, -0.05) is 51.9 Å². The highest BCUT2D eigenvalue weighted by Gasteiger charge is 2.29. The fourth-order valence-corrected chi connectivity index (χ4v) is 5.56. The number of hydrogen-bond donors (Lipinski definition) is 2. The molecule has 1 aromatic heterocycles. The Labute approximate surface area is 233 Å². The van der Waals surface area contributed by atoms with E-state index >= 15 is 0 Å². The second kappa shape index (κ2) is 11.0. The van der Waals surface area contributed by atoms with Gasteiger partial charge in [-0.15, -0.1) is 0 Å². The molecule has 1 fully saturated rings. The van der Waals surface area contributed by atoms with Gasteiger partial charge in [0.05, 0.1) is 32.6 Å². The molecule has 37 heavy (non-hydrogen) atoms. The molecular formula is C27H26BrClN4O3S. The maximum atomic E-state index is 12.3. The highest BCUT2D eigenvalue weighted by molar-refractivity contribution is 9.10. The number of allylic oxidation sites excluding steroid dienone is 2. The molecule has 1 unspecified atom stereocenters. The second-order valence-corrected chi connectivity index (χ2v) is 10.8. The van der Waals surface area contributed by atoms with Crippen LogP contribution in [0.1, 0.15) is 31.4 Å². The van der Waals surface area contributed by atoms with Crippen LogP contribution in [-0.2, 0) is 9.53 Å². The molecule has 2 heterocycles. The summed E-state index contributed by atoms with van der Waals surface area (Å²) in [6.45, 7) is 3.75. The fraction of sp³-hybridized carbons (Fsp3) is 0.296. The Balaban J connectivity index is 1.44. The average molecular weight is 602 g/mol. The quantitative estimate of drug-likeness (QED) is 0.354. The van der Waals surface area contributed by atoms with Gasteiger partial charge in [0.1, 0.15) is 24.3 Å². The van der Waals surface area contributed by atoms with Gasteiger partial charge in [-0.05, 0) is 69.3 Å². The number of nitrogens with two attached hydrogens (primary N) is 1. The number of ether oxygens (including phenoxy) is 2. The molecule has 1 amide bonds. The number of nitrogens with one attached hydrogen (secondary N) is 1. The zero-order valence-electron chi connectivity index (χ0n) is 20.1. The summed E-state index contributed by atoms with van der Waals surface area (Å²) < 4.78 is 15.4. The molecule has 2 aliphatic rings. The molecule has 7 nitrogen and oxygen atoms in total. The molecule has 1 aliphatic heterocycles. The second-order valence-electron chi connectivity index (χ2n) is 9.05. The van der Waals surface area contributed by atoms with Gasteiger partial charge < -0.3 is 20.5 Å². The third-order valence-electron chi connectivity index (χ3n) is 6.55. The number of primary amides is 1. The lowest BCUT2D eigenvalue weighted by atomic mass is 9.98. The number of fused-ring (bicyclic) bond motifs is 1. The molecule has 0 radical (unpaired) electrons. The minimum absolute atomic E-state index is 0.120. The summed E-state index contributed by atoms with van der Waals surface area (Å²) in [5.74, 6) is 0.0232. The molecule has 3 aromatic rings. The molecule has 0 bridgehead atoms. The number of hydrogen-bond acceptors (Lipinski definition) is 6. The van der Waals surface area contributed by atoms with Crippen molar-refractivity contribution in [1.82, 2.24) is 14.9 Å². The summed E-state index contributed by atoms with van der Waals surface area (Å²) in [4.78, 5) is 17.1. The van der Waals surface area contributed by atoms with Crippen LogP contribution in [0.3, 0.4) is 0 Å². The van der Waals surface area contributed by atoms with Gasteiger partial charge in [-0.2, -0.15) is 0 Å². The molecule has 2 atom stereocenters. The maximum Gasteiger partial charge on any atom is 0.250 e. The highest BCUT2D eigenvalue weighted by atomic mass is 79.9. The first kappa shape index (κ1) is 26.1. The summed E-state index contributed by atoms with van der Waals surface area (Å²) >= 11 is 15.9. The average Bonchev–Trinajstić information content (AvgIpc) is 3.30. The van der Waals surface area contributed by atoms with Crippen molar-refractivity contribution in [3.05, 3.63) is 75.5 Å².